The van der Waals surface area contributed by atoms with Gasteiger partial charge in [0.25, 0.3) is 0 Å². The topological polar surface area (TPSA) is 6.48 Å². The molecule has 1 aliphatic carbocycles. The Morgan fingerprint density at radius 1 is 0.206 bits per heavy atom. The zero-order valence-corrected chi connectivity index (χ0v) is 34.8. The van der Waals surface area contributed by atoms with Crippen LogP contribution in [0.25, 0.3) is 33.4 Å². The van der Waals surface area contributed by atoms with Crippen molar-refractivity contribution in [2.75, 3.05) is 9.80 Å². The van der Waals surface area contributed by atoms with E-state index in [1.165, 1.54) is 55.6 Å². The van der Waals surface area contributed by atoms with Crippen LogP contribution in [0, 0.1) is 0 Å². The molecule has 0 fully saturated rings. The minimum atomic E-state index is -0.548. The third-order valence-electron chi connectivity index (χ3n) is 12.6. The third-order valence-corrected chi connectivity index (χ3v) is 12.6. The van der Waals surface area contributed by atoms with Crippen molar-refractivity contribution in [3.05, 3.63) is 289 Å². The molecule has 0 aromatic heterocycles. The molecule has 10 aromatic carbocycles. The molecule has 0 N–H and O–H groups in total. The summed E-state index contributed by atoms with van der Waals surface area (Å²) in [7, 11) is 0. The summed E-state index contributed by atoms with van der Waals surface area (Å²) in [5, 5.41) is 0. The molecule has 63 heavy (non-hydrogen) atoms. The Labute approximate surface area is 370 Å². The van der Waals surface area contributed by atoms with Gasteiger partial charge in [-0.1, -0.05) is 194 Å². The van der Waals surface area contributed by atoms with Crippen molar-refractivity contribution in [2.24, 2.45) is 0 Å². The molecule has 0 saturated heterocycles. The molecule has 2 nitrogen and oxygen atoms in total. The lowest BCUT2D eigenvalue weighted by Crippen LogP contribution is -2.28. The van der Waals surface area contributed by atoms with E-state index in [2.05, 4.69) is 277 Å². The second-order valence-corrected chi connectivity index (χ2v) is 16.1. The molecule has 0 bridgehead atoms. The van der Waals surface area contributed by atoms with Crippen LogP contribution in [0.15, 0.2) is 267 Å². The number of hydrogen-bond donors (Lipinski definition) is 0. The van der Waals surface area contributed by atoms with Gasteiger partial charge in [0.1, 0.15) is 0 Å². The van der Waals surface area contributed by atoms with Crippen LogP contribution in [0.5, 0.6) is 0 Å². The van der Waals surface area contributed by atoms with Gasteiger partial charge in [-0.15, -0.1) is 0 Å². The molecule has 0 radical (unpaired) electrons. The van der Waals surface area contributed by atoms with Gasteiger partial charge >= 0.3 is 0 Å². The Kier molecular flexibility index (Phi) is 9.80. The number of para-hydroxylation sites is 2. The molecule has 0 aliphatic heterocycles. The van der Waals surface area contributed by atoms with E-state index in [-0.39, 0.29) is 0 Å². The Morgan fingerprint density at radius 2 is 0.460 bits per heavy atom. The first-order chi connectivity index (χ1) is 31.3. The molecule has 0 atom stereocenters. The minimum absolute atomic E-state index is 0.548. The summed E-state index contributed by atoms with van der Waals surface area (Å²) in [6, 6.07) is 96.8. The first-order valence-electron chi connectivity index (χ1n) is 21.7. The van der Waals surface area contributed by atoms with Crippen LogP contribution >= 0.6 is 0 Å². The SMILES string of the molecule is c1ccc(-c2ccc(N(c3ccccc3)c3ccc(C4(c5ccc(N(c6ccccc6)c6ccc(-c7ccccc7)cc6)cc5)c5ccccc5-c5ccccc54)cc3)cc2)cc1. The first kappa shape index (κ1) is 37.8. The van der Waals surface area contributed by atoms with E-state index in [4.69, 9.17) is 0 Å². The van der Waals surface area contributed by atoms with E-state index in [1.54, 1.807) is 0 Å². The Hall–Kier alpha value is -8.20. The normalized spacial score (nSPS) is 12.3. The summed E-state index contributed by atoms with van der Waals surface area (Å²) in [5.74, 6) is 0. The van der Waals surface area contributed by atoms with Gasteiger partial charge in [0.15, 0.2) is 0 Å². The number of fused-ring (bicyclic) bond motifs is 3. The van der Waals surface area contributed by atoms with E-state index in [0.29, 0.717) is 0 Å². The second-order valence-electron chi connectivity index (χ2n) is 16.1. The fraction of sp³-hybridized carbons (Fsp3) is 0.0164. The van der Waals surface area contributed by atoms with Crippen molar-refractivity contribution in [2.45, 2.75) is 5.41 Å². The maximum Gasteiger partial charge on any atom is 0.0713 e. The van der Waals surface area contributed by atoms with E-state index in [1.807, 2.05) is 0 Å². The highest BCUT2D eigenvalue weighted by molar-refractivity contribution is 5.88. The van der Waals surface area contributed by atoms with Crippen molar-refractivity contribution in [3.8, 4) is 33.4 Å². The molecule has 1 aliphatic rings. The summed E-state index contributed by atoms with van der Waals surface area (Å²) >= 11 is 0. The molecular formula is C61H44N2. The van der Waals surface area contributed by atoms with Crippen LogP contribution in [0.3, 0.4) is 0 Å². The Balaban J connectivity index is 1.02. The van der Waals surface area contributed by atoms with Crippen molar-refractivity contribution in [1.82, 2.24) is 0 Å². The van der Waals surface area contributed by atoms with Crippen LogP contribution in [0.1, 0.15) is 22.3 Å². The van der Waals surface area contributed by atoms with Crippen molar-refractivity contribution in [1.29, 1.82) is 0 Å². The number of nitrogens with zero attached hydrogens (tertiary/aromatic N) is 2. The summed E-state index contributed by atoms with van der Waals surface area (Å²) in [6.45, 7) is 0. The van der Waals surface area contributed by atoms with Crippen molar-refractivity contribution in [3.63, 3.8) is 0 Å². The Morgan fingerprint density at radius 3 is 0.810 bits per heavy atom. The van der Waals surface area contributed by atoms with E-state index in [0.717, 1.165) is 34.1 Å². The zero-order chi connectivity index (χ0) is 42.0. The van der Waals surface area contributed by atoms with Gasteiger partial charge in [-0.25, -0.2) is 0 Å². The lowest BCUT2D eigenvalue weighted by atomic mass is 9.67. The van der Waals surface area contributed by atoms with Gasteiger partial charge in [0.2, 0.25) is 0 Å². The maximum atomic E-state index is 2.35. The van der Waals surface area contributed by atoms with E-state index in [9.17, 15) is 0 Å². The molecule has 11 rings (SSSR count). The number of benzene rings is 10. The fourth-order valence-corrected chi connectivity index (χ4v) is 9.66. The van der Waals surface area contributed by atoms with Gasteiger partial charge in [-0.3, -0.25) is 0 Å². The van der Waals surface area contributed by atoms with Gasteiger partial charge in [-0.2, -0.15) is 0 Å². The number of rotatable bonds is 10. The Bertz CT molecular complexity index is 2890. The lowest BCUT2D eigenvalue weighted by molar-refractivity contribution is 0.768. The summed E-state index contributed by atoms with van der Waals surface area (Å²) < 4.78 is 0. The monoisotopic (exact) mass is 804 g/mol. The smallest absolute Gasteiger partial charge is 0.0713 e. The van der Waals surface area contributed by atoms with Crippen LogP contribution < -0.4 is 9.80 Å². The molecule has 0 amide bonds. The predicted octanol–water partition coefficient (Wildman–Crippen LogP) is 16.3. The molecule has 0 spiro atoms. The van der Waals surface area contributed by atoms with Crippen LogP contribution in [0.2, 0.25) is 0 Å². The first-order valence-corrected chi connectivity index (χ1v) is 21.7. The zero-order valence-electron chi connectivity index (χ0n) is 34.8. The van der Waals surface area contributed by atoms with Crippen molar-refractivity contribution < 1.29 is 0 Å². The van der Waals surface area contributed by atoms with Crippen LogP contribution in [-0.4, -0.2) is 0 Å². The average molecular weight is 805 g/mol. The largest absolute Gasteiger partial charge is 0.311 e. The van der Waals surface area contributed by atoms with E-state index < -0.39 is 5.41 Å². The fourth-order valence-electron chi connectivity index (χ4n) is 9.66. The molecule has 2 heteroatoms. The maximum absolute atomic E-state index is 2.35. The molecule has 298 valence electrons. The molecule has 0 heterocycles. The molecular weight excluding hydrogens is 761 g/mol. The molecule has 0 saturated carbocycles. The quantitative estimate of drug-likeness (QED) is 0.136. The van der Waals surface area contributed by atoms with Crippen LogP contribution in [-0.2, 0) is 5.41 Å². The highest BCUT2D eigenvalue weighted by Gasteiger charge is 2.46. The van der Waals surface area contributed by atoms with Gasteiger partial charge in [-0.05, 0) is 128 Å². The van der Waals surface area contributed by atoms with Gasteiger partial charge < -0.3 is 9.80 Å². The van der Waals surface area contributed by atoms with E-state index >= 15 is 0 Å². The lowest BCUT2D eigenvalue weighted by Gasteiger charge is -2.35. The second kappa shape index (κ2) is 16.3. The number of anilines is 6. The summed E-state index contributed by atoms with van der Waals surface area (Å²) in [6.07, 6.45) is 0. The number of hydrogen-bond acceptors (Lipinski definition) is 2. The third kappa shape index (κ3) is 6.79. The summed E-state index contributed by atoms with van der Waals surface area (Å²) in [4.78, 5) is 4.70. The highest BCUT2D eigenvalue weighted by atomic mass is 15.1. The highest BCUT2D eigenvalue weighted by Crippen LogP contribution is 2.56. The van der Waals surface area contributed by atoms with Crippen molar-refractivity contribution >= 4 is 34.1 Å². The standard InChI is InChI=1S/C61H44N2/c1-5-17-45(18-6-1)47-29-37-53(38-30-47)62(51-21-9-3-10-22-51)55-41-33-49(34-42-55)61(59-27-15-13-25-57(59)58-26-14-16-28-60(58)61)50-35-43-56(44-36-50)63(52-23-11-4-12-24-52)54-39-31-48(32-40-54)46-19-7-2-8-20-46/h1-44H. The predicted molar refractivity (Wildman–Crippen MR) is 264 cm³/mol. The van der Waals surface area contributed by atoms with Gasteiger partial charge in [0, 0.05) is 34.1 Å². The summed E-state index contributed by atoms with van der Waals surface area (Å²) in [5.41, 5.74) is 18.5. The molecule has 0 unspecified atom stereocenters. The average Bonchev–Trinajstić information content (AvgIpc) is 3.67. The molecule has 10 aromatic rings. The van der Waals surface area contributed by atoms with Gasteiger partial charge in [0.05, 0.1) is 5.41 Å². The van der Waals surface area contributed by atoms with Crippen LogP contribution in [0.4, 0.5) is 34.1 Å². The minimum Gasteiger partial charge on any atom is -0.311 e.